The Morgan fingerprint density at radius 3 is 1.55 bits per heavy atom. The molecule has 0 amide bonds. The summed E-state index contributed by atoms with van der Waals surface area (Å²) in [5, 5.41) is 2.57. The van der Waals surface area contributed by atoms with E-state index in [0.717, 1.165) is 4.47 Å². The number of halogens is 1. The molecule has 0 aromatic heterocycles. The van der Waals surface area contributed by atoms with Crippen LogP contribution in [0.3, 0.4) is 0 Å². The molecule has 196 valence electrons. The minimum atomic E-state index is -0.353. The first-order chi connectivity index (χ1) is 20.7. The molecule has 7 aromatic rings. The maximum atomic E-state index is 3.62. The molecule has 0 heterocycles. The number of fused-ring (bicyclic) bond motifs is 11. The monoisotopic (exact) mass is 596 g/mol. The second-order valence-electron chi connectivity index (χ2n) is 11.4. The van der Waals surface area contributed by atoms with Crippen LogP contribution in [0.1, 0.15) is 22.3 Å². The van der Waals surface area contributed by atoms with Gasteiger partial charge in [0.25, 0.3) is 0 Å². The van der Waals surface area contributed by atoms with Crippen molar-refractivity contribution in [1.29, 1.82) is 0 Å². The Kier molecular flexibility index (Phi) is 5.06. The summed E-state index contributed by atoms with van der Waals surface area (Å²) in [5.41, 5.74) is 15.4. The van der Waals surface area contributed by atoms with Crippen LogP contribution < -0.4 is 0 Å². The molecule has 2 aliphatic rings. The van der Waals surface area contributed by atoms with E-state index in [4.69, 9.17) is 0 Å². The number of rotatable bonds is 2. The van der Waals surface area contributed by atoms with Crippen molar-refractivity contribution in [2.75, 3.05) is 0 Å². The zero-order valence-corrected chi connectivity index (χ0v) is 24.4. The lowest BCUT2D eigenvalue weighted by molar-refractivity contribution is 0.795. The maximum absolute atomic E-state index is 3.62. The molecule has 1 heteroatoms. The van der Waals surface area contributed by atoms with Gasteiger partial charge in [-0.25, -0.2) is 0 Å². The molecule has 0 radical (unpaired) electrons. The van der Waals surface area contributed by atoms with Crippen LogP contribution in [-0.4, -0.2) is 0 Å². The van der Waals surface area contributed by atoms with Crippen LogP contribution in [0.4, 0.5) is 0 Å². The van der Waals surface area contributed by atoms with E-state index >= 15 is 0 Å². The van der Waals surface area contributed by atoms with Gasteiger partial charge in [0.2, 0.25) is 0 Å². The molecule has 2 aliphatic carbocycles. The molecule has 0 nitrogen and oxygen atoms in total. The van der Waals surface area contributed by atoms with Gasteiger partial charge in [0, 0.05) is 4.47 Å². The fourth-order valence-electron chi connectivity index (χ4n) is 7.53. The molecular formula is C41H25Br. The van der Waals surface area contributed by atoms with Gasteiger partial charge in [0.05, 0.1) is 5.41 Å². The molecule has 0 N–H and O–H groups in total. The molecule has 0 fully saturated rings. The largest absolute Gasteiger partial charge is 0.0725 e. The third-order valence-electron chi connectivity index (χ3n) is 9.33. The van der Waals surface area contributed by atoms with Crippen LogP contribution in [0.15, 0.2) is 156 Å². The van der Waals surface area contributed by atoms with E-state index in [2.05, 4.69) is 168 Å². The van der Waals surface area contributed by atoms with Crippen molar-refractivity contribution in [2.45, 2.75) is 5.41 Å². The Morgan fingerprint density at radius 1 is 0.333 bits per heavy atom. The van der Waals surface area contributed by atoms with Crippen LogP contribution >= 0.6 is 15.9 Å². The van der Waals surface area contributed by atoms with Gasteiger partial charge < -0.3 is 0 Å². The Balaban J connectivity index is 1.30. The molecule has 1 unspecified atom stereocenters. The van der Waals surface area contributed by atoms with E-state index in [1.165, 1.54) is 77.5 Å². The van der Waals surface area contributed by atoms with Gasteiger partial charge in [0.15, 0.2) is 0 Å². The topological polar surface area (TPSA) is 0 Å². The summed E-state index contributed by atoms with van der Waals surface area (Å²) in [4.78, 5) is 0. The summed E-state index contributed by atoms with van der Waals surface area (Å²) in [7, 11) is 0. The second-order valence-corrected chi connectivity index (χ2v) is 12.3. The van der Waals surface area contributed by atoms with Gasteiger partial charge in [-0.3, -0.25) is 0 Å². The average molecular weight is 598 g/mol. The molecule has 0 bridgehead atoms. The fraction of sp³-hybridized carbons (Fsp3) is 0.0244. The lowest BCUT2D eigenvalue weighted by atomic mass is 9.70. The molecule has 0 saturated heterocycles. The van der Waals surface area contributed by atoms with E-state index in [1.807, 2.05) is 0 Å². The second kappa shape index (κ2) is 8.89. The van der Waals surface area contributed by atoms with Crippen molar-refractivity contribution in [3.63, 3.8) is 0 Å². The number of hydrogen-bond donors (Lipinski definition) is 0. The van der Waals surface area contributed by atoms with E-state index in [9.17, 15) is 0 Å². The van der Waals surface area contributed by atoms with Gasteiger partial charge in [-0.05, 0) is 108 Å². The molecule has 1 atom stereocenters. The minimum Gasteiger partial charge on any atom is -0.0619 e. The van der Waals surface area contributed by atoms with E-state index in [0.29, 0.717) is 0 Å². The summed E-state index contributed by atoms with van der Waals surface area (Å²) in [6, 6.07) is 56.3. The molecule has 7 aromatic carbocycles. The van der Waals surface area contributed by atoms with Gasteiger partial charge >= 0.3 is 0 Å². The summed E-state index contributed by atoms with van der Waals surface area (Å²) in [5.74, 6) is 0. The van der Waals surface area contributed by atoms with Crippen LogP contribution in [0.5, 0.6) is 0 Å². The first-order valence-electron chi connectivity index (χ1n) is 14.5. The molecule has 9 rings (SSSR count). The average Bonchev–Trinajstić information content (AvgIpc) is 3.50. The molecule has 1 spiro atoms. The van der Waals surface area contributed by atoms with Gasteiger partial charge in [0.1, 0.15) is 0 Å². The van der Waals surface area contributed by atoms with Crippen molar-refractivity contribution in [3.8, 4) is 44.5 Å². The van der Waals surface area contributed by atoms with Crippen LogP contribution in [0, 0.1) is 0 Å². The zero-order chi connectivity index (χ0) is 27.8. The first kappa shape index (κ1) is 23.9. The first-order valence-corrected chi connectivity index (χ1v) is 15.2. The van der Waals surface area contributed by atoms with E-state index in [-0.39, 0.29) is 5.41 Å². The number of hydrogen-bond acceptors (Lipinski definition) is 0. The molecule has 0 aliphatic heterocycles. The third-order valence-corrected chi connectivity index (χ3v) is 9.83. The molecular weight excluding hydrogens is 572 g/mol. The highest BCUT2D eigenvalue weighted by molar-refractivity contribution is 9.10. The van der Waals surface area contributed by atoms with Gasteiger partial charge in [-0.1, -0.05) is 137 Å². The Bertz CT molecular complexity index is 2200. The molecule has 42 heavy (non-hydrogen) atoms. The lowest BCUT2D eigenvalue weighted by Crippen LogP contribution is -2.25. The third kappa shape index (κ3) is 3.23. The smallest absolute Gasteiger partial charge is 0.0619 e. The van der Waals surface area contributed by atoms with Crippen LogP contribution in [0.2, 0.25) is 0 Å². The highest BCUT2D eigenvalue weighted by atomic mass is 79.9. The minimum absolute atomic E-state index is 0.353. The highest BCUT2D eigenvalue weighted by Gasteiger charge is 2.51. The zero-order valence-electron chi connectivity index (χ0n) is 22.8. The standard InChI is InChI=1S/C41H25Br/c42-32-11-7-10-28(22-32)26-16-18-27(19-17-26)31-20-21-35-33-12-3-5-14-37(33)41(39(35)25-31)38-15-6-4-13-34(38)36-23-29-8-1-2-9-30(29)24-40(36)41/h1-25H. The van der Waals surface area contributed by atoms with Crippen molar-refractivity contribution in [2.24, 2.45) is 0 Å². The highest BCUT2D eigenvalue weighted by Crippen LogP contribution is 2.63. The van der Waals surface area contributed by atoms with Gasteiger partial charge in [-0.15, -0.1) is 0 Å². The quantitative estimate of drug-likeness (QED) is 0.186. The SMILES string of the molecule is Brc1cccc(-c2ccc(-c3ccc4c(c3)C3(c5ccccc5-4)c4ccccc4-c4cc5ccccc5cc43)cc2)c1. The Morgan fingerprint density at radius 2 is 0.857 bits per heavy atom. The van der Waals surface area contributed by atoms with Crippen molar-refractivity contribution < 1.29 is 0 Å². The lowest BCUT2D eigenvalue weighted by Gasteiger charge is -2.31. The molecule has 0 saturated carbocycles. The maximum Gasteiger partial charge on any atom is 0.0725 e. The predicted molar refractivity (Wildman–Crippen MR) is 179 cm³/mol. The van der Waals surface area contributed by atoms with Crippen molar-refractivity contribution in [1.82, 2.24) is 0 Å². The Hall–Kier alpha value is -4.72. The predicted octanol–water partition coefficient (Wildman–Crippen LogP) is 11.3. The fourth-order valence-corrected chi connectivity index (χ4v) is 7.93. The summed E-state index contributed by atoms with van der Waals surface area (Å²) >= 11 is 3.62. The van der Waals surface area contributed by atoms with E-state index in [1.54, 1.807) is 0 Å². The van der Waals surface area contributed by atoms with Crippen molar-refractivity contribution >= 4 is 26.7 Å². The normalized spacial score (nSPS) is 15.8. The number of benzene rings is 7. The summed E-state index contributed by atoms with van der Waals surface area (Å²) in [6.45, 7) is 0. The van der Waals surface area contributed by atoms with E-state index < -0.39 is 0 Å². The summed E-state index contributed by atoms with van der Waals surface area (Å²) in [6.07, 6.45) is 0. The summed E-state index contributed by atoms with van der Waals surface area (Å²) < 4.78 is 1.09. The van der Waals surface area contributed by atoms with Crippen LogP contribution in [-0.2, 0) is 5.41 Å². The van der Waals surface area contributed by atoms with Crippen LogP contribution in [0.25, 0.3) is 55.3 Å². The Labute approximate surface area is 254 Å². The van der Waals surface area contributed by atoms with Gasteiger partial charge in [-0.2, -0.15) is 0 Å². The van der Waals surface area contributed by atoms with Crippen molar-refractivity contribution in [3.05, 3.63) is 178 Å².